The maximum Gasteiger partial charge on any atom is 0.220 e. The fourth-order valence-corrected chi connectivity index (χ4v) is 3.25. The van der Waals surface area contributed by atoms with Gasteiger partial charge in [0.1, 0.15) is 0 Å². The van der Waals surface area contributed by atoms with E-state index >= 15 is 0 Å². The van der Waals surface area contributed by atoms with Crippen molar-refractivity contribution in [2.24, 2.45) is 11.5 Å². The molecule has 6 nitrogen and oxygen atoms in total. The standard InChI is InChI=1S/C18H36N4O2/c19-13-7-1-3-11-17(23)21-15-9-5-6-10-16(15)22-18(24)12-4-2-8-14-20/h15-16H,1-14,19-20H2,(H,21,23)(H,22,24)/t15-,16+. The summed E-state index contributed by atoms with van der Waals surface area (Å²) in [5.41, 5.74) is 10.9. The lowest BCUT2D eigenvalue weighted by Crippen LogP contribution is -2.53. The van der Waals surface area contributed by atoms with Crippen LogP contribution in [0.5, 0.6) is 0 Å². The van der Waals surface area contributed by atoms with Crippen LogP contribution in [0.25, 0.3) is 0 Å². The van der Waals surface area contributed by atoms with Crippen LogP contribution in [-0.2, 0) is 9.59 Å². The highest BCUT2D eigenvalue weighted by molar-refractivity contribution is 5.77. The molecule has 0 unspecified atom stereocenters. The monoisotopic (exact) mass is 340 g/mol. The van der Waals surface area contributed by atoms with Crippen molar-refractivity contribution >= 4 is 11.8 Å². The third-order valence-corrected chi connectivity index (χ3v) is 4.67. The minimum Gasteiger partial charge on any atom is -0.351 e. The van der Waals surface area contributed by atoms with Gasteiger partial charge in [0.2, 0.25) is 11.8 Å². The van der Waals surface area contributed by atoms with E-state index in [1.54, 1.807) is 0 Å². The van der Waals surface area contributed by atoms with Crippen LogP contribution in [0.15, 0.2) is 0 Å². The maximum atomic E-state index is 12.1. The third kappa shape index (κ3) is 9.23. The van der Waals surface area contributed by atoms with E-state index in [-0.39, 0.29) is 23.9 Å². The Morgan fingerprint density at radius 1 is 0.708 bits per heavy atom. The molecule has 0 aromatic carbocycles. The van der Waals surface area contributed by atoms with Gasteiger partial charge in [0.05, 0.1) is 0 Å². The highest BCUT2D eigenvalue weighted by Crippen LogP contribution is 2.19. The van der Waals surface area contributed by atoms with Crippen molar-refractivity contribution in [1.82, 2.24) is 10.6 Å². The summed E-state index contributed by atoms with van der Waals surface area (Å²) in [5.74, 6) is 0.197. The molecule has 1 rings (SSSR count). The lowest BCUT2D eigenvalue weighted by molar-refractivity contribution is -0.125. The van der Waals surface area contributed by atoms with Crippen molar-refractivity contribution in [2.75, 3.05) is 13.1 Å². The van der Waals surface area contributed by atoms with E-state index in [1.807, 2.05) is 0 Å². The van der Waals surface area contributed by atoms with Gasteiger partial charge in [-0.1, -0.05) is 25.7 Å². The number of carbonyl (C=O) groups excluding carboxylic acids is 2. The first kappa shape index (κ1) is 20.9. The summed E-state index contributed by atoms with van der Waals surface area (Å²) >= 11 is 0. The zero-order valence-corrected chi connectivity index (χ0v) is 15.0. The van der Waals surface area contributed by atoms with Gasteiger partial charge in [-0.25, -0.2) is 0 Å². The van der Waals surface area contributed by atoms with Gasteiger partial charge in [-0.3, -0.25) is 9.59 Å². The molecule has 0 aromatic heterocycles. The molecular formula is C18H36N4O2. The molecule has 24 heavy (non-hydrogen) atoms. The minimum atomic E-state index is 0.0775. The van der Waals surface area contributed by atoms with E-state index in [0.717, 1.165) is 64.2 Å². The van der Waals surface area contributed by atoms with Crippen LogP contribution >= 0.6 is 0 Å². The smallest absolute Gasteiger partial charge is 0.220 e. The molecule has 1 fully saturated rings. The van der Waals surface area contributed by atoms with Crippen molar-refractivity contribution in [3.05, 3.63) is 0 Å². The van der Waals surface area contributed by atoms with E-state index in [4.69, 9.17) is 11.5 Å². The molecule has 2 atom stereocenters. The Morgan fingerprint density at radius 3 is 1.50 bits per heavy atom. The molecule has 0 heterocycles. The van der Waals surface area contributed by atoms with E-state index in [0.29, 0.717) is 25.9 Å². The first-order valence-corrected chi connectivity index (χ1v) is 9.66. The number of unbranched alkanes of at least 4 members (excludes halogenated alkanes) is 4. The van der Waals surface area contributed by atoms with E-state index in [1.165, 1.54) is 0 Å². The molecule has 0 saturated heterocycles. The lowest BCUT2D eigenvalue weighted by atomic mass is 9.90. The van der Waals surface area contributed by atoms with Crippen LogP contribution in [0.2, 0.25) is 0 Å². The average molecular weight is 341 g/mol. The normalized spacial score (nSPS) is 20.6. The van der Waals surface area contributed by atoms with Gasteiger partial charge in [0.25, 0.3) is 0 Å². The Hall–Kier alpha value is -1.14. The molecule has 0 spiro atoms. The summed E-state index contributed by atoms with van der Waals surface area (Å²) in [6, 6.07) is 0.155. The van der Waals surface area contributed by atoms with Crippen molar-refractivity contribution in [3.8, 4) is 0 Å². The van der Waals surface area contributed by atoms with Gasteiger partial charge < -0.3 is 22.1 Å². The Morgan fingerprint density at radius 2 is 1.12 bits per heavy atom. The molecular weight excluding hydrogens is 304 g/mol. The van der Waals surface area contributed by atoms with Crippen molar-refractivity contribution < 1.29 is 9.59 Å². The van der Waals surface area contributed by atoms with Gasteiger partial charge in [-0.15, -0.1) is 0 Å². The molecule has 140 valence electrons. The second kappa shape index (κ2) is 13.2. The number of nitrogens with one attached hydrogen (secondary N) is 2. The second-order valence-corrected chi connectivity index (χ2v) is 6.83. The van der Waals surface area contributed by atoms with Gasteiger partial charge in [-0.2, -0.15) is 0 Å². The fourth-order valence-electron chi connectivity index (χ4n) is 3.25. The van der Waals surface area contributed by atoms with Gasteiger partial charge >= 0.3 is 0 Å². The summed E-state index contributed by atoms with van der Waals surface area (Å²) in [6.07, 6.45) is 10.9. The molecule has 0 bridgehead atoms. The number of nitrogens with two attached hydrogens (primary N) is 2. The summed E-state index contributed by atoms with van der Waals surface area (Å²) in [7, 11) is 0. The third-order valence-electron chi connectivity index (χ3n) is 4.67. The maximum absolute atomic E-state index is 12.1. The van der Waals surface area contributed by atoms with Crippen LogP contribution in [0.1, 0.15) is 77.0 Å². The molecule has 2 amide bonds. The molecule has 1 aliphatic rings. The molecule has 1 aliphatic carbocycles. The largest absolute Gasteiger partial charge is 0.351 e. The van der Waals surface area contributed by atoms with Gasteiger partial charge in [0, 0.05) is 24.9 Å². The number of hydrogen-bond donors (Lipinski definition) is 4. The zero-order valence-electron chi connectivity index (χ0n) is 15.0. The topological polar surface area (TPSA) is 110 Å². The molecule has 0 aromatic rings. The van der Waals surface area contributed by atoms with Crippen LogP contribution in [-0.4, -0.2) is 37.0 Å². The predicted molar refractivity (Wildman–Crippen MR) is 97.4 cm³/mol. The minimum absolute atomic E-state index is 0.0775. The fraction of sp³-hybridized carbons (Fsp3) is 0.889. The highest BCUT2D eigenvalue weighted by Gasteiger charge is 2.27. The Balaban J connectivity index is 2.30. The number of hydrogen-bond acceptors (Lipinski definition) is 4. The molecule has 6 heteroatoms. The van der Waals surface area contributed by atoms with Gasteiger partial charge in [0.15, 0.2) is 0 Å². The van der Waals surface area contributed by atoms with E-state index in [2.05, 4.69) is 10.6 Å². The van der Waals surface area contributed by atoms with Crippen LogP contribution in [0, 0.1) is 0 Å². The predicted octanol–water partition coefficient (Wildman–Crippen LogP) is 1.57. The molecule has 0 radical (unpaired) electrons. The Bertz CT molecular complexity index is 329. The van der Waals surface area contributed by atoms with E-state index in [9.17, 15) is 9.59 Å². The second-order valence-electron chi connectivity index (χ2n) is 6.83. The van der Waals surface area contributed by atoms with Crippen LogP contribution < -0.4 is 22.1 Å². The lowest BCUT2D eigenvalue weighted by Gasteiger charge is -2.33. The zero-order chi connectivity index (χ0) is 17.6. The van der Waals surface area contributed by atoms with Crippen molar-refractivity contribution in [2.45, 2.75) is 89.1 Å². The number of rotatable bonds is 12. The van der Waals surface area contributed by atoms with Crippen molar-refractivity contribution in [1.29, 1.82) is 0 Å². The van der Waals surface area contributed by atoms with Gasteiger partial charge in [-0.05, 0) is 51.6 Å². The average Bonchev–Trinajstić information content (AvgIpc) is 2.57. The molecule has 0 aliphatic heterocycles. The Kier molecular flexibility index (Phi) is 11.5. The summed E-state index contributed by atoms with van der Waals surface area (Å²) in [4.78, 5) is 24.2. The number of carbonyl (C=O) groups is 2. The van der Waals surface area contributed by atoms with Crippen molar-refractivity contribution in [3.63, 3.8) is 0 Å². The Labute approximate surface area is 146 Å². The SMILES string of the molecule is NCCCCCC(=O)N[C@H]1CCCC[C@H]1NC(=O)CCCCCN. The summed E-state index contributed by atoms with van der Waals surface area (Å²) in [6.45, 7) is 1.37. The van der Waals surface area contributed by atoms with E-state index < -0.39 is 0 Å². The molecule has 6 N–H and O–H groups in total. The summed E-state index contributed by atoms with van der Waals surface area (Å²) < 4.78 is 0. The number of amides is 2. The first-order valence-electron chi connectivity index (χ1n) is 9.66. The van der Waals surface area contributed by atoms with Crippen LogP contribution in [0.3, 0.4) is 0 Å². The quantitative estimate of drug-likeness (QED) is 0.404. The summed E-state index contributed by atoms with van der Waals surface area (Å²) in [5, 5.41) is 6.25. The molecule has 1 saturated carbocycles. The first-order chi connectivity index (χ1) is 11.7. The highest BCUT2D eigenvalue weighted by atomic mass is 16.2. The van der Waals surface area contributed by atoms with Crippen LogP contribution in [0.4, 0.5) is 0 Å².